The normalized spacial score (nSPS) is 19.4. The summed E-state index contributed by atoms with van der Waals surface area (Å²) in [6.45, 7) is 2.29. The summed E-state index contributed by atoms with van der Waals surface area (Å²) in [5, 5.41) is 13.9. The van der Waals surface area contributed by atoms with Gasteiger partial charge in [0, 0.05) is 17.2 Å². The number of thioether (sulfide) groups is 1. The molecule has 1 aromatic rings. The minimum Gasteiger partial charge on any atom is -0.395 e. The van der Waals surface area contributed by atoms with E-state index in [0.717, 1.165) is 11.4 Å². The molecular weight excluding hydrogens is 232 g/mol. The van der Waals surface area contributed by atoms with Crippen LogP contribution in [-0.4, -0.2) is 26.7 Å². The molecule has 0 aliphatic heterocycles. The average Bonchev–Trinajstić information content (AvgIpc) is 2.86. The van der Waals surface area contributed by atoms with Crippen LogP contribution in [0.1, 0.15) is 50.8 Å². The molecular formula is C13H22N2OS. The van der Waals surface area contributed by atoms with Crippen LogP contribution in [0.15, 0.2) is 12.3 Å². The Morgan fingerprint density at radius 2 is 2.24 bits per heavy atom. The third-order valence-electron chi connectivity index (χ3n) is 3.39. The predicted octanol–water partition coefficient (Wildman–Crippen LogP) is 3.00. The lowest BCUT2D eigenvalue weighted by molar-refractivity contribution is 0.300. The summed E-state index contributed by atoms with van der Waals surface area (Å²) in [6.07, 6.45) is 8.75. The summed E-state index contributed by atoms with van der Waals surface area (Å²) < 4.78 is 2.15. The van der Waals surface area contributed by atoms with E-state index in [9.17, 15) is 0 Å². The van der Waals surface area contributed by atoms with Crippen LogP contribution in [0.4, 0.5) is 0 Å². The van der Waals surface area contributed by atoms with Gasteiger partial charge in [-0.3, -0.25) is 4.68 Å². The molecule has 1 aliphatic carbocycles. The van der Waals surface area contributed by atoms with Crippen molar-refractivity contribution in [2.75, 3.05) is 6.61 Å². The molecule has 1 N–H and O–H groups in total. The van der Waals surface area contributed by atoms with Crippen LogP contribution in [0.5, 0.6) is 0 Å². The summed E-state index contributed by atoms with van der Waals surface area (Å²) in [5.74, 6) is 0.904. The number of hydrogen-bond acceptors (Lipinski definition) is 3. The van der Waals surface area contributed by atoms with Gasteiger partial charge >= 0.3 is 0 Å². The maximum Gasteiger partial charge on any atom is 0.0723 e. The van der Waals surface area contributed by atoms with Gasteiger partial charge in [0.1, 0.15) is 0 Å². The van der Waals surface area contributed by atoms with Crippen LogP contribution in [-0.2, 0) is 5.75 Å². The fourth-order valence-corrected chi connectivity index (χ4v) is 3.00. The van der Waals surface area contributed by atoms with Crippen molar-refractivity contribution < 1.29 is 5.11 Å². The zero-order valence-corrected chi connectivity index (χ0v) is 11.3. The molecule has 4 heteroatoms. The summed E-state index contributed by atoms with van der Waals surface area (Å²) in [4.78, 5) is 0. The lowest BCUT2D eigenvalue weighted by atomic mass is 9.96. The number of aromatic nitrogens is 2. The summed E-state index contributed by atoms with van der Waals surface area (Å²) >= 11 is 1.76. The van der Waals surface area contributed by atoms with Gasteiger partial charge in [0.25, 0.3) is 0 Å². The molecule has 1 fully saturated rings. The van der Waals surface area contributed by atoms with E-state index in [1.54, 1.807) is 11.8 Å². The van der Waals surface area contributed by atoms with E-state index in [1.807, 2.05) is 6.92 Å². The van der Waals surface area contributed by atoms with Crippen molar-refractivity contribution in [2.45, 2.75) is 56.1 Å². The van der Waals surface area contributed by atoms with Crippen LogP contribution in [0, 0.1) is 0 Å². The summed E-state index contributed by atoms with van der Waals surface area (Å²) in [7, 11) is 0. The molecule has 0 saturated heterocycles. The quantitative estimate of drug-likeness (QED) is 0.878. The standard InChI is InChI=1S/C13H22N2OS/c1-11(9-16)17-10-12-7-8-15(14-12)13-5-3-2-4-6-13/h7-8,11,13,16H,2-6,9-10H2,1H3. The molecule has 0 spiro atoms. The molecule has 1 aliphatic rings. The lowest BCUT2D eigenvalue weighted by Gasteiger charge is -2.21. The first-order valence-corrected chi connectivity index (χ1v) is 7.61. The smallest absolute Gasteiger partial charge is 0.0723 e. The van der Waals surface area contributed by atoms with Gasteiger partial charge in [-0.25, -0.2) is 0 Å². The Kier molecular flexibility index (Phi) is 4.92. The molecule has 3 nitrogen and oxygen atoms in total. The highest BCUT2D eigenvalue weighted by Crippen LogP contribution is 2.27. The highest BCUT2D eigenvalue weighted by molar-refractivity contribution is 7.99. The van der Waals surface area contributed by atoms with Crippen molar-refractivity contribution in [1.82, 2.24) is 9.78 Å². The number of aliphatic hydroxyl groups excluding tert-OH is 1. The first kappa shape index (κ1) is 13.0. The second kappa shape index (κ2) is 6.45. The third kappa shape index (κ3) is 3.75. The second-order valence-corrected chi connectivity index (χ2v) is 6.31. The van der Waals surface area contributed by atoms with Crippen molar-refractivity contribution in [3.63, 3.8) is 0 Å². The van der Waals surface area contributed by atoms with E-state index in [0.29, 0.717) is 11.3 Å². The zero-order valence-electron chi connectivity index (χ0n) is 10.5. The fourth-order valence-electron chi connectivity index (χ4n) is 2.28. The predicted molar refractivity (Wildman–Crippen MR) is 72.2 cm³/mol. The largest absolute Gasteiger partial charge is 0.395 e. The Labute approximate surface area is 108 Å². The molecule has 17 heavy (non-hydrogen) atoms. The van der Waals surface area contributed by atoms with Crippen LogP contribution < -0.4 is 0 Å². The monoisotopic (exact) mass is 254 g/mol. The lowest BCUT2D eigenvalue weighted by Crippen LogP contribution is -2.13. The molecule has 1 aromatic heterocycles. The maximum absolute atomic E-state index is 8.98. The zero-order chi connectivity index (χ0) is 12.1. The van der Waals surface area contributed by atoms with Gasteiger partial charge in [-0.15, -0.1) is 11.8 Å². The van der Waals surface area contributed by atoms with E-state index in [-0.39, 0.29) is 6.61 Å². The van der Waals surface area contributed by atoms with Gasteiger partial charge < -0.3 is 5.11 Å². The van der Waals surface area contributed by atoms with E-state index < -0.39 is 0 Å². The van der Waals surface area contributed by atoms with E-state index in [2.05, 4.69) is 22.0 Å². The molecule has 0 amide bonds. The third-order valence-corrected chi connectivity index (χ3v) is 4.57. The minimum absolute atomic E-state index is 0.244. The topological polar surface area (TPSA) is 38.0 Å². The van der Waals surface area contributed by atoms with Gasteiger partial charge in [-0.05, 0) is 18.9 Å². The van der Waals surface area contributed by atoms with Crippen molar-refractivity contribution in [2.24, 2.45) is 0 Å². The Morgan fingerprint density at radius 3 is 2.94 bits per heavy atom. The summed E-state index contributed by atoms with van der Waals surface area (Å²) in [6, 6.07) is 2.74. The van der Waals surface area contributed by atoms with Crippen molar-refractivity contribution in [3.05, 3.63) is 18.0 Å². The molecule has 1 atom stereocenters. The number of rotatable bonds is 5. The first-order chi connectivity index (χ1) is 8.29. The Bertz CT molecular complexity index is 334. The molecule has 1 heterocycles. The van der Waals surface area contributed by atoms with Crippen LogP contribution in [0.25, 0.3) is 0 Å². The van der Waals surface area contributed by atoms with Gasteiger partial charge in [0.15, 0.2) is 0 Å². The maximum atomic E-state index is 8.98. The Hall–Kier alpha value is -0.480. The van der Waals surface area contributed by atoms with Crippen molar-refractivity contribution >= 4 is 11.8 Å². The number of aliphatic hydroxyl groups is 1. The highest BCUT2D eigenvalue weighted by atomic mass is 32.2. The van der Waals surface area contributed by atoms with Crippen molar-refractivity contribution in [3.8, 4) is 0 Å². The first-order valence-electron chi connectivity index (χ1n) is 6.56. The van der Waals surface area contributed by atoms with Crippen LogP contribution >= 0.6 is 11.8 Å². The van der Waals surface area contributed by atoms with E-state index in [1.165, 1.54) is 32.1 Å². The van der Waals surface area contributed by atoms with Crippen LogP contribution in [0.3, 0.4) is 0 Å². The van der Waals surface area contributed by atoms with Gasteiger partial charge in [-0.1, -0.05) is 26.2 Å². The number of hydrogen-bond donors (Lipinski definition) is 1. The SMILES string of the molecule is CC(CO)SCc1ccn(C2CCCCC2)n1. The van der Waals surface area contributed by atoms with Crippen LogP contribution in [0.2, 0.25) is 0 Å². The minimum atomic E-state index is 0.244. The Balaban J connectivity index is 1.86. The van der Waals surface area contributed by atoms with Gasteiger partial charge in [-0.2, -0.15) is 5.10 Å². The molecule has 1 saturated carbocycles. The van der Waals surface area contributed by atoms with Gasteiger partial charge in [0.05, 0.1) is 18.3 Å². The number of nitrogens with zero attached hydrogens (tertiary/aromatic N) is 2. The average molecular weight is 254 g/mol. The van der Waals surface area contributed by atoms with E-state index >= 15 is 0 Å². The molecule has 0 bridgehead atoms. The molecule has 1 unspecified atom stereocenters. The highest BCUT2D eigenvalue weighted by Gasteiger charge is 2.16. The fraction of sp³-hybridized carbons (Fsp3) is 0.769. The molecule has 96 valence electrons. The molecule has 0 radical (unpaired) electrons. The summed E-state index contributed by atoms with van der Waals surface area (Å²) in [5.41, 5.74) is 1.14. The molecule has 0 aromatic carbocycles. The van der Waals surface area contributed by atoms with Gasteiger partial charge in [0.2, 0.25) is 0 Å². The van der Waals surface area contributed by atoms with E-state index in [4.69, 9.17) is 5.11 Å². The second-order valence-electron chi connectivity index (χ2n) is 4.88. The molecule has 2 rings (SSSR count). The Morgan fingerprint density at radius 1 is 1.47 bits per heavy atom. The van der Waals surface area contributed by atoms with Crippen molar-refractivity contribution in [1.29, 1.82) is 0 Å².